The van der Waals surface area contributed by atoms with Crippen molar-refractivity contribution in [3.63, 3.8) is 0 Å². The largest absolute Gasteiger partial charge is 0.494 e. The van der Waals surface area contributed by atoms with E-state index < -0.39 is 10.8 Å². The van der Waals surface area contributed by atoms with Crippen LogP contribution in [0.1, 0.15) is 17.5 Å². The maximum absolute atomic E-state index is 12.1. The van der Waals surface area contributed by atoms with Gasteiger partial charge in [-0.3, -0.25) is 4.21 Å². The molecule has 0 radical (unpaired) electrons. The Labute approximate surface area is 127 Å². The minimum absolute atomic E-state index is 0.493. The lowest BCUT2D eigenvalue weighted by atomic mass is 10.2. The van der Waals surface area contributed by atoms with E-state index in [-0.39, 0.29) is 0 Å². The van der Waals surface area contributed by atoms with Crippen LogP contribution in [0.25, 0.3) is 0 Å². The molecule has 0 aromatic heterocycles. The molecule has 2 aromatic carbocycles. The van der Waals surface area contributed by atoms with Gasteiger partial charge in [0.15, 0.2) is 0 Å². The first kappa shape index (κ1) is 15.3. The van der Waals surface area contributed by atoms with Crippen LogP contribution >= 0.6 is 0 Å². The maximum atomic E-state index is 12.1. The third-order valence-corrected chi connectivity index (χ3v) is 4.45. The van der Waals surface area contributed by atoms with Gasteiger partial charge in [0.1, 0.15) is 5.75 Å². The van der Waals surface area contributed by atoms with Crippen LogP contribution in [0.15, 0.2) is 53.4 Å². The maximum Gasteiger partial charge on any atom is 0.120 e. The number of aryl methyl sites for hydroxylation is 1. The van der Waals surface area contributed by atoms with Crippen molar-refractivity contribution in [3.05, 3.63) is 59.7 Å². The lowest BCUT2D eigenvalue weighted by Crippen LogP contribution is -2.05. The molecule has 0 bridgehead atoms. The fourth-order valence-corrected chi connectivity index (χ4v) is 2.90. The Bertz CT molecular complexity index is 659. The SMILES string of the molecule is Cc1ccc(S(=O)CCCOc2cccc(C#N)c2)cc1. The molecule has 0 spiro atoms. The van der Waals surface area contributed by atoms with Crippen LogP contribution in [0.2, 0.25) is 0 Å². The molecule has 0 amide bonds. The number of ether oxygens (including phenoxy) is 1. The molecule has 0 aliphatic heterocycles. The van der Waals surface area contributed by atoms with Crippen LogP contribution in [-0.2, 0) is 10.8 Å². The van der Waals surface area contributed by atoms with Crippen molar-refractivity contribution in [3.8, 4) is 11.8 Å². The van der Waals surface area contributed by atoms with Gasteiger partial charge in [-0.15, -0.1) is 0 Å². The van der Waals surface area contributed by atoms with Crippen molar-refractivity contribution in [2.45, 2.75) is 18.2 Å². The van der Waals surface area contributed by atoms with E-state index in [9.17, 15) is 4.21 Å². The van der Waals surface area contributed by atoms with E-state index in [1.807, 2.05) is 37.3 Å². The van der Waals surface area contributed by atoms with E-state index in [4.69, 9.17) is 10.00 Å². The van der Waals surface area contributed by atoms with Crippen molar-refractivity contribution in [2.24, 2.45) is 0 Å². The summed E-state index contributed by atoms with van der Waals surface area (Å²) >= 11 is 0. The lowest BCUT2D eigenvalue weighted by molar-refractivity contribution is 0.318. The Hall–Kier alpha value is -2.12. The molecular weight excluding hydrogens is 282 g/mol. The van der Waals surface area contributed by atoms with Gasteiger partial charge in [0.2, 0.25) is 0 Å². The zero-order valence-corrected chi connectivity index (χ0v) is 12.7. The normalized spacial score (nSPS) is 11.6. The summed E-state index contributed by atoms with van der Waals surface area (Å²) in [7, 11) is -0.988. The van der Waals surface area contributed by atoms with E-state index in [0.717, 1.165) is 10.5 Å². The molecule has 0 aliphatic rings. The van der Waals surface area contributed by atoms with Gasteiger partial charge in [0, 0.05) is 10.6 Å². The lowest BCUT2D eigenvalue weighted by Gasteiger charge is -2.06. The van der Waals surface area contributed by atoms with Crippen molar-refractivity contribution < 1.29 is 8.95 Å². The molecule has 3 nitrogen and oxygen atoms in total. The summed E-state index contributed by atoms with van der Waals surface area (Å²) in [5.74, 6) is 1.25. The standard InChI is InChI=1S/C17H17NO2S/c1-14-6-8-17(9-7-14)21(19)11-3-10-20-16-5-2-4-15(12-16)13-18/h2,4-9,12H,3,10-11H2,1H3. The highest BCUT2D eigenvalue weighted by atomic mass is 32.2. The molecule has 21 heavy (non-hydrogen) atoms. The summed E-state index contributed by atoms with van der Waals surface area (Å²) in [5.41, 5.74) is 1.74. The van der Waals surface area contributed by atoms with Crippen LogP contribution in [-0.4, -0.2) is 16.6 Å². The van der Waals surface area contributed by atoms with Gasteiger partial charge in [0.05, 0.1) is 29.0 Å². The molecule has 1 atom stereocenters. The van der Waals surface area contributed by atoms with Gasteiger partial charge < -0.3 is 4.74 Å². The Morgan fingerprint density at radius 1 is 1.19 bits per heavy atom. The predicted molar refractivity (Wildman–Crippen MR) is 83.7 cm³/mol. The second-order valence-electron chi connectivity index (χ2n) is 4.70. The van der Waals surface area contributed by atoms with Crippen molar-refractivity contribution in [2.75, 3.05) is 12.4 Å². The highest BCUT2D eigenvalue weighted by molar-refractivity contribution is 7.85. The number of hydrogen-bond donors (Lipinski definition) is 0. The van der Waals surface area contributed by atoms with Crippen molar-refractivity contribution in [1.29, 1.82) is 5.26 Å². The zero-order valence-electron chi connectivity index (χ0n) is 11.9. The van der Waals surface area contributed by atoms with Gasteiger partial charge in [0.25, 0.3) is 0 Å². The van der Waals surface area contributed by atoms with E-state index in [1.54, 1.807) is 18.2 Å². The minimum atomic E-state index is -0.988. The molecule has 0 heterocycles. The Balaban J connectivity index is 1.78. The van der Waals surface area contributed by atoms with Gasteiger partial charge in [-0.1, -0.05) is 23.8 Å². The zero-order chi connectivity index (χ0) is 15.1. The molecule has 0 fully saturated rings. The highest BCUT2D eigenvalue weighted by Crippen LogP contribution is 2.13. The Morgan fingerprint density at radius 3 is 2.67 bits per heavy atom. The topological polar surface area (TPSA) is 50.1 Å². The molecule has 2 aromatic rings. The van der Waals surface area contributed by atoms with E-state index >= 15 is 0 Å². The first-order valence-corrected chi connectivity index (χ1v) is 8.09. The highest BCUT2D eigenvalue weighted by Gasteiger charge is 2.03. The molecule has 4 heteroatoms. The summed E-state index contributed by atoms with van der Waals surface area (Å²) in [6.07, 6.45) is 0.706. The van der Waals surface area contributed by atoms with E-state index in [0.29, 0.717) is 30.1 Å². The van der Waals surface area contributed by atoms with E-state index in [1.165, 1.54) is 0 Å². The van der Waals surface area contributed by atoms with Crippen molar-refractivity contribution in [1.82, 2.24) is 0 Å². The van der Waals surface area contributed by atoms with Crippen LogP contribution in [0.5, 0.6) is 5.75 Å². The van der Waals surface area contributed by atoms with Gasteiger partial charge in [-0.2, -0.15) is 5.26 Å². The number of benzene rings is 2. The monoisotopic (exact) mass is 299 g/mol. The molecule has 108 valence electrons. The fraction of sp³-hybridized carbons (Fsp3) is 0.235. The summed E-state index contributed by atoms with van der Waals surface area (Å²) in [4.78, 5) is 0.854. The first-order chi connectivity index (χ1) is 10.2. The Kier molecular flexibility index (Phi) is 5.53. The minimum Gasteiger partial charge on any atom is -0.494 e. The van der Waals surface area contributed by atoms with Crippen LogP contribution in [0.3, 0.4) is 0 Å². The van der Waals surface area contributed by atoms with Gasteiger partial charge in [-0.05, 0) is 43.7 Å². The fourth-order valence-electron chi connectivity index (χ4n) is 1.84. The number of nitriles is 1. The number of nitrogens with zero attached hydrogens (tertiary/aromatic N) is 1. The molecule has 0 saturated heterocycles. The van der Waals surface area contributed by atoms with E-state index in [2.05, 4.69) is 6.07 Å². The third kappa shape index (κ3) is 4.73. The first-order valence-electron chi connectivity index (χ1n) is 6.77. The average Bonchev–Trinajstić information content (AvgIpc) is 2.52. The number of rotatable bonds is 6. The van der Waals surface area contributed by atoms with Crippen molar-refractivity contribution >= 4 is 10.8 Å². The van der Waals surface area contributed by atoms with Crippen LogP contribution < -0.4 is 4.74 Å². The molecule has 2 rings (SSSR count). The van der Waals surface area contributed by atoms with Crippen LogP contribution in [0, 0.1) is 18.3 Å². The molecule has 0 N–H and O–H groups in total. The second-order valence-corrected chi connectivity index (χ2v) is 6.28. The quantitative estimate of drug-likeness (QED) is 0.768. The summed E-state index contributed by atoms with van der Waals surface area (Å²) in [6, 6.07) is 16.9. The summed E-state index contributed by atoms with van der Waals surface area (Å²) in [5, 5.41) is 8.81. The predicted octanol–water partition coefficient (Wildman–Crippen LogP) is 3.44. The van der Waals surface area contributed by atoms with Gasteiger partial charge in [-0.25, -0.2) is 0 Å². The summed E-state index contributed by atoms with van der Waals surface area (Å²) in [6.45, 7) is 2.50. The van der Waals surface area contributed by atoms with Crippen LogP contribution in [0.4, 0.5) is 0 Å². The number of hydrogen-bond acceptors (Lipinski definition) is 3. The molecular formula is C17H17NO2S. The second kappa shape index (κ2) is 7.61. The average molecular weight is 299 g/mol. The summed E-state index contributed by atoms with van der Waals surface area (Å²) < 4.78 is 17.6. The molecule has 0 saturated carbocycles. The van der Waals surface area contributed by atoms with Gasteiger partial charge >= 0.3 is 0 Å². The third-order valence-electron chi connectivity index (χ3n) is 2.99. The molecule has 0 aliphatic carbocycles. The molecule has 1 unspecified atom stereocenters. The smallest absolute Gasteiger partial charge is 0.120 e. The Morgan fingerprint density at radius 2 is 1.95 bits per heavy atom.